The van der Waals surface area contributed by atoms with Crippen molar-refractivity contribution in [1.82, 2.24) is 0 Å². The van der Waals surface area contributed by atoms with Crippen molar-refractivity contribution in [3.8, 4) is 11.5 Å². The number of carboxylic acid groups (broad SMARTS) is 1. The van der Waals surface area contributed by atoms with Gasteiger partial charge in [0.2, 0.25) is 0 Å². The zero-order valence-corrected chi connectivity index (χ0v) is 14.9. The summed E-state index contributed by atoms with van der Waals surface area (Å²) in [5, 5.41) is 29.5. The van der Waals surface area contributed by atoms with Gasteiger partial charge in [-0.1, -0.05) is 18.2 Å². The summed E-state index contributed by atoms with van der Waals surface area (Å²) in [6.07, 6.45) is -1.46. The maximum absolute atomic E-state index is 14.8. The molecule has 0 saturated carbocycles. The fraction of sp³-hybridized carbons (Fsp3) is 0.143. The summed E-state index contributed by atoms with van der Waals surface area (Å²) >= 11 is 0. The topological polar surface area (TPSA) is 113 Å². The molecule has 0 amide bonds. The van der Waals surface area contributed by atoms with Gasteiger partial charge in [-0.15, -0.1) is 0 Å². The Morgan fingerprint density at radius 1 is 1.13 bits per heavy atom. The quantitative estimate of drug-likeness (QED) is 0.615. The molecule has 0 radical (unpaired) electrons. The van der Waals surface area contributed by atoms with Crippen LogP contribution >= 0.6 is 0 Å². The Bertz CT molecular complexity index is 1220. The molecule has 2 heterocycles. The number of benzene rings is 2. The van der Waals surface area contributed by atoms with Crippen LogP contribution in [-0.4, -0.2) is 33.4 Å². The molecule has 2 aliphatic heterocycles. The first-order chi connectivity index (χ1) is 14.3. The first kappa shape index (κ1) is 18.2. The largest absolute Gasteiger partial charge is 0.509 e. The Morgan fingerprint density at radius 3 is 2.60 bits per heavy atom. The predicted molar refractivity (Wildman–Crippen MR) is 95.1 cm³/mol. The number of hydrogen-bond acceptors (Lipinski definition) is 6. The van der Waals surface area contributed by atoms with E-state index in [-0.39, 0.29) is 33.8 Å². The van der Waals surface area contributed by atoms with Crippen LogP contribution in [0.15, 0.2) is 59.6 Å². The van der Waals surface area contributed by atoms with Crippen molar-refractivity contribution < 1.29 is 43.2 Å². The normalized spacial score (nSPS) is 26.3. The number of allylic oxidation sites excluding steroid dienone is 2. The third-order valence-corrected chi connectivity index (χ3v) is 5.50. The lowest BCUT2D eigenvalue weighted by Crippen LogP contribution is -2.45. The Hall–Kier alpha value is -3.88. The number of halogens is 2. The van der Waals surface area contributed by atoms with Crippen LogP contribution in [0.25, 0.3) is 0 Å². The lowest BCUT2D eigenvalue weighted by Gasteiger charge is -2.42. The van der Waals surface area contributed by atoms with E-state index in [4.69, 9.17) is 9.47 Å². The number of carboxylic acids is 1. The van der Waals surface area contributed by atoms with Crippen molar-refractivity contribution in [2.45, 2.75) is 11.8 Å². The van der Waals surface area contributed by atoms with Crippen LogP contribution < -0.4 is 4.74 Å². The number of aliphatic hydroxyl groups excluding tert-OH is 1. The monoisotopic (exact) mass is 414 g/mol. The van der Waals surface area contributed by atoms with Crippen molar-refractivity contribution in [3.05, 3.63) is 82.1 Å². The molecule has 30 heavy (non-hydrogen) atoms. The number of fused-ring (bicyclic) bond motifs is 5. The number of phenolic OH excluding ortho intramolecular Hbond substituents is 1. The number of esters is 1. The number of carbonyl (C=O) groups excluding carboxylic acids is 1. The number of aliphatic carboxylic acids is 1. The maximum atomic E-state index is 14.8. The van der Waals surface area contributed by atoms with E-state index in [0.717, 1.165) is 18.2 Å². The lowest BCUT2D eigenvalue weighted by molar-refractivity contribution is -0.143. The number of ether oxygens (including phenoxy) is 2. The minimum atomic E-state index is -2.35. The van der Waals surface area contributed by atoms with Crippen LogP contribution in [0.2, 0.25) is 0 Å². The SMILES string of the molecule is O=C1OC2(C3=C(C=C(O)C(F)C3C(=O)O)Oc3cc(O)c(F)cc32)c2ccccc21. The smallest absolute Gasteiger partial charge is 0.340 e. The molecule has 5 rings (SSSR count). The van der Waals surface area contributed by atoms with Gasteiger partial charge in [-0.2, -0.15) is 0 Å². The van der Waals surface area contributed by atoms with Crippen molar-refractivity contribution in [2.75, 3.05) is 0 Å². The zero-order valence-electron chi connectivity index (χ0n) is 14.9. The molecule has 2 aromatic carbocycles. The van der Waals surface area contributed by atoms with Gasteiger partial charge in [0.1, 0.15) is 23.2 Å². The van der Waals surface area contributed by atoms with Gasteiger partial charge >= 0.3 is 11.9 Å². The number of aromatic hydroxyl groups is 1. The molecule has 3 N–H and O–H groups in total. The van der Waals surface area contributed by atoms with E-state index in [1.807, 2.05) is 0 Å². The second-order valence-electron chi connectivity index (χ2n) is 7.08. The van der Waals surface area contributed by atoms with Crippen LogP contribution in [0.5, 0.6) is 11.5 Å². The zero-order chi connectivity index (χ0) is 21.4. The number of hydrogen-bond donors (Lipinski definition) is 3. The van der Waals surface area contributed by atoms with Gasteiger partial charge in [0.15, 0.2) is 23.3 Å². The molecule has 0 bridgehead atoms. The van der Waals surface area contributed by atoms with Gasteiger partial charge in [0.05, 0.1) is 11.1 Å². The Kier molecular flexibility index (Phi) is 3.52. The lowest BCUT2D eigenvalue weighted by atomic mass is 9.69. The fourth-order valence-corrected chi connectivity index (χ4v) is 4.27. The summed E-state index contributed by atoms with van der Waals surface area (Å²) in [4.78, 5) is 24.7. The first-order valence-corrected chi connectivity index (χ1v) is 8.81. The highest BCUT2D eigenvalue weighted by atomic mass is 19.1. The molecule has 7 nitrogen and oxygen atoms in total. The fourth-order valence-electron chi connectivity index (χ4n) is 4.27. The van der Waals surface area contributed by atoms with E-state index >= 15 is 0 Å². The molecule has 3 unspecified atom stereocenters. The van der Waals surface area contributed by atoms with Crippen LogP contribution in [0.1, 0.15) is 21.5 Å². The van der Waals surface area contributed by atoms with Gasteiger partial charge in [-0.25, -0.2) is 13.6 Å². The first-order valence-electron chi connectivity index (χ1n) is 8.81. The Morgan fingerprint density at radius 2 is 1.87 bits per heavy atom. The van der Waals surface area contributed by atoms with E-state index in [9.17, 15) is 33.7 Å². The molecular formula is C21H12F2O7. The number of phenols is 1. The van der Waals surface area contributed by atoms with Crippen molar-refractivity contribution in [1.29, 1.82) is 0 Å². The highest BCUT2D eigenvalue weighted by Gasteiger charge is 2.60. The average molecular weight is 414 g/mol. The van der Waals surface area contributed by atoms with Crippen molar-refractivity contribution in [2.24, 2.45) is 5.92 Å². The van der Waals surface area contributed by atoms with Crippen LogP contribution in [-0.2, 0) is 15.1 Å². The molecule has 1 spiro atoms. The van der Waals surface area contributed by atoms with Gasteiger partial charge in [-0.05, 0) is 12.1 Å². The van der Waals surface area contributed by atoms with E-state index in [0.29, 0.717) is 0 Å². The number of alkyl halides is 1. The summed E-state index contributed by atoms with van der Waals surface area (Å²) in [5.74, 6) is -7.55. The third kappa shape index (κ3) is 2.11. The van der Waals surface area contributed by atoms with Crippen molar-refractivity contribution >= 4 is 11.9 Å². The van der Waals surface area contributed by atoms with Crippen LogP contribution in [0, 0.1) is 11.7 Å². The summed E-state index contributed by atoms with van der Waals surface area (Å²) in [7, 11) is 0. The van der Waals surface area contributed by atoms with Crippen LogP contribution in [0.4, 0.5) is 8.78 Å². The molecule has 1 aliphatic carbocycles. The maximum Gasteiger partial charge on any atom is 0.340 e. The predicted octanol–water partition coefficient (Wildman–Crippen LogP) is 3.09. The minimum Gasteiger partial charge on any atom is -0.509 e. The molecule has 9 heteroatoms. The molecule has 0 fully saturated rings. The summed E-state index contributed by atoms with van der Waals surface area (Å²) in [6.45, 7) is 0. The molecule has 152 valence electrons. The standard InChI is InChI=1S/C21H12F2O7/c22-11-5-10-14(6-12(11)24)29-15-7-13(25)18(23)16(19(26)27)17(15)21(10)9-4-2-1-3-8(9)20(28)30-21/h1-7,16,18,24-25H,(H,26,27). The van der Waals surface area contributed by atoms with Gasteiger partial charge in [0, 0.05) is 23.3 Å². The highest BCUT2D eigenvalue weighted by Crippen LogP contribution is 2.58. The van der Waals surface area contributed by atoms with Gasteiger partial charge in [-0.3, -0.25) is 4.79 Å². The second-order valence-corrected chi connectivity index (χ2v) is 7.08. The number of aliphatic hydroxyl groups is 1. The van der Waals surface area contributed by atoms with E-state index in [2.05, 4.69) is 0 Å². The number of carbonyl (C=O) groups is 2. The summed E-state index contributed by atoms with van der Waals surface area (Å²) in [5.41, 5.74) is -2.16. The number of rotatable bonds is 1. The summed E-state index contributed by atoms with van der Waals surface area (Å²) < 4.78 is 40.4. The van der Waals surface area contributed by atoms with Gasteiger partial charge < -0.3 is 24.8 Å². The van der Waals surface area contributed by atoms with Crippen LogP contribution in [0.3, 0.4) is 0 Å². The third-order valence-electron chi connectivity index (χ3n) is 5.50. The van der Waals surface area contributed by atoms with E-state index < -0.39 is 47.0 Å². The molecule has 3 atom stereocenters. The Balaban J connectivity index is 1.93. The average Bonchev–Trinajstić information content (AvgIpc) is 2.99. The molecular weight excluding hydrogens is 402 g/mol. The van der Waals surface area contributed by atoms with E-state index in [1.165, 1.54) is 12.1 Å². The Labute approximate surface area is 167 Å². The van der Waals surface area contributed by atoms with E-state index in [1.54, 1.807) is 12.1 Å². The van der Waals surface area contributed by atoms with Crippen molar-refractivity contribution in [3.63, 3.8) is 0 Å². The molecule has 2 aromatic rings. The summed E-state index contributed by atoms with van der Waals surface area (Å²) in [6, 6.07) is 7.84. The second kappa shape index (κ2) is 5.82. The van der Waals surface area contributed by atoms with Gasteiger partial charge in [0.25, 0.3) is 0 Å². The highest BCUT2D eigenvalue weighted by molar-refractivity contribution is 5.97. The minimum absolute atomic E-state index is 0.0870. The molecule has 0 saturated heterocycles. The molecule has 0 aromatic heterocycles. The molecule has 3 aliphatic rings.